The summed E-state index contributed by atoms with van der Waals surface area (Å²) in [5, 5.41) is 9.25. The first-order valence-electron chi connectivity index (χ1n) is 9.34. The molecule has 1 aliphatic heterocycles. The summed E-state index contributed by atoms with van der Waals surface area (Å²) in [4.78, 5) is 25.7. The minimum atomic E-state index is -3.70. The molecule has 2 aliphatic rings. The Balaban J connectivity index is 1.82. The predicted octanol–water partition coefficient (Wildman–Crippen LogP) is 2.01. The van der Waals surface area contributed by atoms with Crippen LogP contribution in [0.15, 0.2) is 23.1 Å². The highest BCUT2D eigenvalue weighted by molar-refractivity contribution is 7.89. The van der Waals surface area contributed by atoms with E-state index in [2.05, 4.69) is 4.72 Å². The molecular weight excluding hydrogens is 368 g/mol. The third-order valence-electron chi connectivity index (χ3n) is 5.62. The van der Waals surface area contributed by atoms with E-state index in [1.54, 1.807) is 19.1 Å². The number of carbonyl (C=O) groups excluding carboxylic acids is 1. The number of rotatable bonds is 5. The van der Waals surface area contributed by atoms with Crippen molar-refractivity contribution < 1.29 is 23.1 Å². The summed E-state index contributed by atoms with van der Waals surface area (Å²) in [7, 11) is -3.70. The van der Waals surface area contributed by atoms with Gasteiger partial charge in [0.2, 0.25) is 10.0 Å². The lowest BCUT2D eigenvalue weighted by atomic mass is 9.99. The van der Waals surface area contributed by atoms with Crippen LogP contribution in [0.25, 0.3) is 0 Å². The Morgan fingerprint density at radius 2 is 1.85 bits per heavy atom. The first kappa shape index (κ1) is 19.8. The second-order valence-corrected chi connectivity index (χ2v) is 9.40. The van der Waals surface area contributed by atoms with Crippen molar-refractivity contribution in [1.29, 1.82) is 0 Å². The van der Waals surface area contributed by atoms with E-state index in [1.165, 1.54) is 11.0 Å². The number of nitrogens with zero attached hydrogens (tertiary/aromatic N) is 1. The number of hydrogen-bond acceptors (Lipinski definition) is 4. The van der Waals surface area contributed by atoms with E-state index in [1.807, 2.05) is 6.92 Å². The van der Waals surface area contributed by atoms with Gasteiger partial charge in [0.1, 0.15) is 0 Å². The topological polar surface area (TPSA) is 104 Å². The highest BCUT2D eigenvalue weighted by Gasteiger charge is 2.37. The first-order valence-corrected chi connectivity index (χ1v) is 10.8. The van der Waals surface area contributed by atoms with Gasteiger partial charge in [-0.1, -0.05) is 25.8 Å². The van der Waals surface area contributed by atoms with Crippen LogP contribution in [0.3, 0.4) is 0 Å². The molecule has 0 unspecified atom stereocenters. The second kappa shape index (κ2) is 7.59. The number of aryl methyl sites for hydroxylation is 1. The smallest absolute Gasteiger partial charge is 0.308 e. The number of hydrogen-bond donors (Lipinski definition) is 2. The molecule has 148 valence electrons. The molecular formula is C19H26N2O5S. The van der Waals surface area contributed by atoms with Crippen LogP contribution in [0.2, 0.25) is 0 Å². The fourth-order valence-corrected chi connectivity index (χ4v) is 5.56. The van der Waals surface area contributed by atoms with E-state index in [9.17, 15) is 23.1 Å². The lowest BCUT2D eigenvalue weighted by molar-refractivity contribution is -0.142. The summed E-state index contributed by atoms with van der Waals surface area (Å²) in [5.41, 5.74) is 0.848. The maximum atomic E-state index is 12.8. The van der Waals surface area contributed by atoms with E-state index in [4.69, 9.17) is 0 Å². The number of carboxylic acids is 1. The van der Waals surface area contributed by atoms with Crippen molar-refractivity contribution in [1.82, 2.24) is 9.62 Å². The van der Waals surface area contributed by atoms with E-state index in [-0.39, 0.29) is 34.9 Å². The van der Waals surface area contributed by atoms with Crippen LogP contribution < -0.4 is 4.72 Å². The van der Waals surface area contributed by atoms with Gasteiger partial charge >= 0.3 is 5.97 Å². The van der Waals surface area contributed by atoms with Crippen molar-refractivity contribution >= 4 is 21.9 Å². The highest BCUT2D eigenvalue weighted by Crippen LogP contribution is 2.27. The average molecular weight is 394 g/mol. The molecule has 3 rings (SSSR count). The van der Waals surface area contributed by atoms with Crippen molar-refractivity contribution in [2.45, 2.75) is 50.5 Å². The molecule has 1 aromatic rings. The summed E-state index contributed by atoms with van der Waals surface area (Å²) in [6, 6.07) is 4.59. The van der Waals surface area contributed by atoms with Crippen molar-refractivity contribution in [3.8, 4) is 0 Å². The summed E-state index contributed by atoms with van der Waals surface area (Å²) >= 11 is 0. The molecule has 0 spiro atoms. The van der Waals surface area contributed by atoms with Crippen molar-refractivity contribution in [2.75, 3.05) is 13.1 Å². The minimum absolute atomic E-state index is 0.0514. The molecule has 1 aliphatic carbocycles. The maximum absolute atomic E-state index is 12.8. The third-order valence-corrected chi connectivity index (χ3v) is 7.28. The Morgan fingerprint density at radius 3 is 2.44 bits per heavy atom. The van der Waals surface area contributed by atoms with Crippen LogP contribution in [0.1, 0.15) is 48.5 Å². The van der Waals surface area contributed by atoms with Gasteiger partial charge in [-0.25, -0.2) is 13.1 Å². The summed E-state index contributed by atoms with van der Waals surface area (Å²) in [5.74, 6) is -1.97. The SMILES string of the molecule is Cc1ccc(C(=O)N2C[C@@H](C)[C@H](C(=O)O)C2)cc1S(=O)(=O)NC1CCCC1. The Labute approximate surface area is 159 Å². The van der Waals surface area contributed by atoms with Gasteiger partial charge in [-0.15, -0.1) is 0 Å². The fourth-order valence-electron chi connectivity index (χ4n) is 3.99. The number of nitrogens with one attached hydrogen (secondary N) is 1. The lowest BCUT2D eigenvalue weighted by Gasteiger charge is -2.18. The zero-order chi connectivity index (χ0) is 19.8. The number of aliphatic carboxylic acids is 1. The summed E-state index contributed by atoms with van der Waals surface area (Å²) < 4.78 is 28.3. The largest absolute Gasteiger partial charge is 0.481 e. The van der Waals surface area contributed by atoms with Gasteiger partial charge < -0.3 is 10.0 Å². The molecule has 0 aromatic heterocycles. The van der Waals surface area contributed by atoms with Gasteiger partial charge in [0.25, 0.3) is 5.91 Å². The Kier molecular flexibility index (Phi) is 5.58. The molecule has 1 saturated carbocycles. The van der Waals surface area contributed by atoms with Gasteiger partial charge in [0, 0.05) is 24.7 Å². The molecule has 1 amide bonds. The molecule has 7 nitrogen and oxygen atoms in total. The first-order chi connectivity index (χ1) is 12.7. The van der Waals surface area contributed by atoms with Gasteiger partial charge in [0.15, 0.2) is 0 Å². The average Bonchev–Trinajstić information content (AvgIpc) is 3.23. The molecule has 2 fully saturated rings. The van der Waals surface area contributed by atoms with Crippen LogP contribution in [0, 0.1) is 18.8 Å². The normalized spacial score (nSPS) is 23.7. The zero-order valence-corrected chi connectivity index (χ0v) is 16.5. The van der Waals surface area contributed by atoms with Gasteiger partial charge in [-0.2, -0.15) is 0 Å². The van der Waals surface area contributed by atoms with E-state index in [0.29, 0.717) is 12.1 Å². The number of carbonyl (C=O) groups is 2. The number of sulfonamides is 1. The van der Waals surface area contributed by atoms with Crippen LogP contribution in [0.5, 0.6) is 0 Å². The number of amides is 1. The van der Waals surface area contributed by atoms with E-state index >= 15 is 0 Å². The molecule has 2 N–H and O–H groups in total. The van der Waals surface area contributed by atoms with Crippen molar-refractivity contribution in [2.24, 2.45) is 11.8 Å². The molecule has 1 saturated heterocycles. The number of benzene rings is 1. The highest BCUT2D eigenvalue weighted by atomic mass is 32.2. The summed E-state index contributed by atoms with van der Waals surface area (Å²) in [6.45, 7) is 4.01. The lowest BCUT2D eigenvalue weighted by Crippen LogP contribution is -2.33. The van der Waals surface area contributed by atoms with Gasteiger partial charge in [0.05, 0.1) is 10.8 Å². The minimum Gasteiger partial charge on any atom is -0.481 e. The Bertz CT molecular complexity index is 846. The summed E-state index contributed by atoms with van der Waals surface area (Å²) in [6.07, 6.45) is 3.70. The predicted molar refractivity (Wildman–Crippen MR) is 99.9 cm³/mol. The monoisotopic (exact) mass is 394 g/mol. The fraction of sp³-hybridized carbons (Fsp3) is 0.579. The van der Waals surface area contributed by atoms with Crippen LogP contribution in [0.4, 0.5) is 0 Å². The number of carboxylic acid groups (broad SMARTS) is 1. The number of likely N-dealkylation sites (tertiary alicyclic amines) is 1. The molecule has 27 heavy (non-hydrogen) atoms. The van der Waals surface area contributed by atoms with Crippen molar-refractivity contribution in [3.63, 3.8) is 0 Å². The standard InChI is InChI=1S/C19H26N2O5S/c1-12-7-8-14(18(22)21-10-13(2)16(11-21)19(23)24)9-17(12)27(25,26)20-15-5-3-4-6-15/h7-9,13,15-16,20H,3-6,10-11H2,1-2H3,(H,23,24)/t13-,16-/m1/s1. The van der Waals surface area contributed by atoms with Crippen molar-refractivity contribution in [3.05, 3.63) is 29.3 Å². The van der Waals surface area contributed by atoms with Gasteiger partial charge in [-0.05, 0) is 43.4 Å². The van der Waals surface area contributed by atoms with E-state index in [0.717, 1.165) is 25.7 Å². The molecule has 1 heterocycles. The van der Waals surface area contributed by atoms with Crippen LogP contribution in [-0.2, 0) is 14.8 Å². The third kappa shape index (κ3) is 4.16. The molecule has 0 radical (unpaired) electrons. The van der Waals surface area contributed by atoms with Gasteiger partial charge in [-0.3, -0.25) is 9.59 Å². The molecule has 1 aromatic carbocycles. The van der Waals surface area contributed by atoms with Crippen LogP contribution >= 0.6 is 0 Å². The van der Waals surface area contributed by atoms with Crippen LogP contribution in [-0.4, -0.2) is 49.4 Å². The quantitative estimate of drug-likeness (QED) is 0.795. The molecule has 0 bridgehead atoms. The van der Waals surface area contributed by atoms with E-state index < -0.39 is 21.9 Å². The second-order valence-electron chi connectivity index (χ2n) is 7.72. The molecule has 2 atom stereocenters. The maximum Gasteiger partial charge on any atom is 0.308 e. The Morgan fingerprint density at radius 1 is 1.19 bits per heavy atom. The Hall–Kier alpha value is -1.93. The molecule has 8 heteroatoms. The zero-order valence-electron chi connectivity index (χ0n) is 15.6.